The van der Waals surface area contributed by atoms with E-state index in [2.05, 4.69) is 5.32 Å². The number of amides is 1. The summed E-state index contributed by atoms with van der Waals surface area (Å²) in [4.78, 5) is 24.5. The average molecular weight is 394 g/mol. The molecule has 0 saturated carbocycles. The largest absolute Gasteiger partial charge is 0.486 e. The van der Waals surface area contributed by atoms with Crippen molar-refractivity contribution in [1.29, 1.82) is 5.26 Å². The van der Waals surface area contributed by atoms with Crippen molar-refractivity contribution in [2.24, 2.45) is 5.92 Å². The van der Waals surface area contributed by atoms with Crippen molar-refractivity contribution >= 4 is 11.9 Å². The van der Waals surface area contributed by atoms with Gasteiger partial charge in [-0.05, 0) is 41.8 Å². The van der Waals surface area contributed by atoms with Crippen LogP contribution in [0, 0.1) is 17.2 Å². The minimum absolute atomic E-state index is 0.101. The van der Waals surface area contributed by atoms with Gasteiger partial charge in [-0.15, -0.1) is 0 Å². The van der Waals surface area contributed by atoms with E-state index in [-0.39, 0.29) is 17.5 Å². The molecule has 7 nitrogen and oxygen atoms in total. The zero-order valence-corrected chi connectivity index (χ0v) is 16.3. The van der Waals surface area contributed by atoms with E-state index in [1.54, 1.807) is 12.1 Å². The van der Waals surface area contributed by atoms with Gasteiger partial charge in [-0.2, -0.15) is 5.26 Å². The Morgan fingerprint density at radius 2 is 1.90 bits per heavy atom. The number of nitrogens with one attached hydrogen (secondary N) is 1. The molecule has 1 amide bonds. The fourth-order valence-corrected chi connectivity index (χ4v) is 3.03. The average Bonchev–Trinajstić information content (AvgIpc) is 2.75. The lowest BCUT2D eigenvalue weighted by molar-refractivity contribution is -0.125. The summed E-state index contributed by atoms with van der Waals surface area (Å²) < 4.78 is 16.2. The predicted molar refractivity (Wildman–Crippen MR) is 105 cm³/mol. The van der Waals surface area contributed by atoms with Gasteiger partial charge in [0.25, 0.3) is 5.91 Å². The van der Waals surface area contributed by atoms with Crippen molar-refractivity contribution in [3.8, 4) is 17.6 Å². The summed E-state index contributed by atoms with van der Waals surface area (Å²) in [6.07, 6.45) is 0. The minimum Gasteiger partial charge on any atom is -0.486 e. The third-order valence-corrected chi connectivity index (χ3v) is 4.47. The molecule has 0 saturated heterocycles. The number of carbonyl (C=O) groups excluding carboxylic acids is 2. The second kappa shape index (κ2) is 9.11. The molecule has 2 aromatic carbocycles. The predicted octanol–water partition coefficient (Wildman–Crippen LogP) is 3.00. The lowest BCUT2D eigenvalue weighted by atomic mass is 9.95. The molecular weight excluding hydrogens is 372 g/mol. The van der Waals surface area contributed by atoms with Crippen molar-refractivity contribution in [2.45, 2.75) is 19.9 Å². The first-order chi connectivity index (χ1) is 14.0. The molecule has 7 heteroatoms. The standard InChI is InChI=1S/C22H22N2O5/c1-14(2)21(16-6-7-18-19(11-16)28-9-8-27-18)24-20(25)13-29-22(26)17-5-3-4-15(10-17)12-23/h3-7,10-11,14,21H,8-9,13H2,1-2H3,(H,24,25)/t21-/m0/s1. The third kappa shape index (κ3) is 5.05. The molecule has 3 rings (SSSR count). The Kier molecular flexibility index (Phi) is 6.35. The summed E-state index contributed by atoms with van der Waals surface area (Å²) in [6, 6.07) is 13.4. The Balaban J connectivity index is 1.63. The number of hydrogen-bond acceptors (Lipinski definition) is 6. The number of ether oxygens (including phenoxy) is 3. The molecule has 0 aromatic heterocycles. The molecule has 0 spiro atoms. The van der Waals surface area contributed by atoms with Crippen molar-refractivity contribution in [1.82, 2.24) is 5.32 Å². The van der Waals surface area contributed by atoms with Crippen LogP contribution in [0.5, 0.6) is 11.5 Å². The maximum absolute atomic E-state index is 12.4. The summed E-state index contributed by atoms with van der Waals surface area (Å²) in [5, 5.41) is 11.8. The number of nitriles is 1. The maximum Gasteiger partial charge on any atom is 0.338 e. The van der Waals surface area contributed by atoms with Gasteiger partial charge >= 0.3 is 5.97 Å². The van der Waals surface area contributed by atoms with Crippen LogP contribution in [0.4, 0.5) is 0 Å². The molecule has 1 heterocycles. The first-order valence-electron chi connectivity index (χ1n) is 9.34. The first-order valence-corrected chi connectivity index (χ1v) is 9.34. The van der Waals surface area contributed by atoms with Crippen molar-refractivity contribution in [2.75, 3.05) is 19.8 Å². The van der Waals surface area contributed by atoms with E-state index < -0.39 is 18.5 Å². The molecule has 1 atom stereocenters. The molecule has 2 aromatic rings. The highest BCUT2D eigenvalue weighted by Crippen LogP contribution is 2.34. The van der Waals surface area contributed by atoms with Gasteiger partial charge < -0.3 is 19.5 Å². The van der Waals surface area contributed by atoms with Gasteiger partial charge in [-0.25, -0.2) is 4.79 Å². The van der Waals surface area contributed by atoms with Crippen LogP contribution in [-0.2, 0) is 9.53 Å². The van der Waals surface area contributed by atoms with Crippen LogP contribution >= 0.6 is 0 Å². The second-order valence-electron chi connectivity index (χ2n) is 6.96. The van der Waals surface area contributed by atoms with E-state index >= 15 is 0 Å². The second-order valence-corrected chi connectivity index (χ2v) is 6.96. The fraction of sp³-hybridized carbons (Fsp3) is 0.318. The fourth-order valence-electron chi connectivity index (χ4n) is 3.03. The summed E-state index contributed by atoms with van der Waals surface area (Å²) in [5.41, 5.74) is 1.46. The molecule has 0 aliphatic carbocycles. The lowest BCUT2D eigenvalue weighted by Crippen LogP contribution is -2.35. The van der Waals surface area contributed by atoms with Gasteiger partial charge in [-0.3, -0.25) is 4.79 Å². The van der Waals surface area contributed by atoms with Crippen LogP contribution < -0.4 is 14.8 Å². The van der Waals surface area contributed by atoms with Crippen molar-refractivity contribution in [3.63, 3.8) is 0 Å². The molecule has 0 bridgehead atoms. The molecule has 0 radical (unpaired) electrons. The molecule has 0 fully saturated rings. The monoisotopic (exact) mass is 394 g/mol. The minimum atomic E-state index is -0.655. The van der Waals surface area contributed by atoms with E-state index in [0.717, 1.165) is 5.56 Å². The number of benzene rings is 2. The third-order valence-electron chi connectivity index (χ3n) is 4.47. The van der Waals surface area contributed by atoms with Crippen LogP contribution in [0.1, 0.15) is 41.4 Å². The zero-order chi connectivity index (χ0) is 20.8. The van der Waals surface area contributed by atoms with E-state index in [1.807, 2.05) is 38.1 Å². The summed E-state index contributed by atoms with van der Waals surface area (Å²) >= 11 is 0. The van der Waals surface area contributed by atoms with E-state index in [4.69, 9.17) is 19.5 Å². The molecule has 0 unspecified atom stereocenters. The molecular formula is C22H22N2O5. The zero-order valence-electron chi connectivity index (χ0n) is 16.3. The number of carbonyl (C=O) groups is 2. The smallest absolute Gasteiger partial charge is 0.338 e. The molecule has 29 heavy (non-hydrogen) atoms. The topological polar surface area (TPSA) is 97.7 Å². The number of fused-ring (bicyclic) bond motifs is 1. The highest BCUT2D eigenvalue weighted by atomic mass is 16.6. The maximum atomic E-state index is 12.4. The van der Waals surface area contributed by atoms with Gasteiger partial charge in [0.1, 0.15) is 13.2 Å². The van der Waals surface area contributed by atoms with Gasteiger partial charge in [0.05, 0.1) is 23.2 Å². The Morgan fingerprint density at radius 3 is 2.62 bits per heavy atom. The van der Waals surface area contributed by atoms with Crippen LogP contribution in [0.15, 0.2) is 42.5 Å². The van der Waals surface area contributed by atoms with Gasteiger partial charge in [-0.1, -0.05) is 26.0 Å². The number of nitrogens with zero attached hydrogens (tertiary/aromatic N) is 1. The van der Waals surface area contributed by atoms with Crippen LogP contribution in [0.2, 0.25) is 0 Å². The van der Waals surface area contributed by atoms with Crippen molar-refractivity contribution < 1.29 is 23.8 Å². The molecule has 1 aliphatic heterocycles. The van der Waals surface area contributed by atoms with Crippen molar-refractivity contribution in [3.05, 3.63) is 59.2 Å². The number of hydrogen-bond donors (Lipinski definition) is 1. The Morgan fingerprint density at radius 1 is 1.14 bits per heavy atom. The SMILES string of the molecule is CC(C)[C@H](NC(=O)COC(=O)c1cccc(C#N)c1)c1ccc2c(c1)OCCO2. The summed E-state index contributed by atoms with van der Waals surface area (Å²) in [6.45, 7) is 4.56. The highest BCUT2D eigenvalue weighted by Gasteiger charge is 2.22. The number of esters is 1. The molecule has 1 N–H and O–H groups in total. The molecule has 1 aliphatic rings. The first kappa shape index (κ1) is 20.2. The van der Waals surface area contributed by atoms with Gasteiger partial charge in [0, 0.05) is 0 Å². The summed E-state index contributed by atoms with van der Waals surface area (Å²) in [7, 11) is 0. The van der Waals surface area contributed by atoms with E-state index in [1.165, 1.54) is 12.1 Å². The van der Waals surface area contributed by atoms with Crippen LogP contribution in [0.3, 0.4) is 0 Å². The van der Waals surface area contributed by atoms with Crippen LogP contribution in [-0.4, -0.2) is 31.7 Å². The lowest BCUT2D eigenvalue weighted by Gasteiger charge is -2.25. The van der Waals surface area contributed by atoms with E-state index in [0.29, 0.717) is 30.3 Å². The van der Waals surface area contributed by atoms with E-state index in [9.17, 15) is 9.59 Å². The summed E-state index contributed by atoms with van der Waals surface area (Å²) in [5.74, 6) is 0.366. The van der Waals surface area contributed by atoms with Crippen LogP contribution in [0.25, 0.3) is 0 Å². The van der Waals surface area contributed by atoms with Gasteiger partial charge in [0.15, 0.2) is 18.1 Å². The quantitative estimate of drug-likeness (QED) is 0.757. The Bertz CT molecular complexity index is 948. The normalized spacial score (nSPS) is 13.3. The Labute approximate surface area is 169 Å². The highest BCUT2D eigenvalue weighted by molar-refractivity contribution is 5.91. The Hall–Kier alpha value is -3.53. The van der Waals surface area contributed by atoms with Gasteiger partial charge in [0.2, 0.25) is 0 Å². The molecule has 150 valence electrons. The number of rotatable bonds is 6.